The zero-order valence-corrected chi connectivity index (χ0v) is 27.9. The Morgan fingerprint density at radius 2 is 1.27 bits per heavy atom. The quantitative estimate of drug-likeness (QED) is 0.166. The van der Waals surface area contributed by atoms with Gasteiger partial charge in [-0.15, -0.1) is 11.3 Å². The second kappa shape index (κ2) is 11.9. The molecular weight excluding hydrogens is 613 g/mol. The molecule has 49 heavy (non-hydrogen) atoms. The molecule has 232 valence electrons. The monoisotopic (exact) mass is 644 g/mol. The first-order valence-corrected chi connectivity index (χ1v) is 17.4. The van der Waals surface area contributed by atoms with E-state index < -0.39 is 0 Å². The summed E-state index contributed by atoms with van der Waals surface area (Å²) in [7, 11) is 0. The highest BCUT2D eigenvalue weighted by Gasteiger charge is 2.19. The van der Waals surface area contributed by atoms with E-state index in [2.05, 4.69) is 176 Å². The van der Waals surface area contributed by atoms with E-state index in [0.717, 1.165) is 38.7 Å². The average molecular weight is 645 g/mol. The second-order valence-electron chi connectivity index (χ2n) is 12.4. The van der Waals surface area contributed by atoms with Crippen molar-refractivity contribution in [2.75, 3.05) is 0 Å². The van der Waals surface area contributed by atoms with Gasteiger partial charge in [-0.25, -0.2) is 0 Å². The lowest BCUT2D eigenvalue weighted by Crippen LogP contribution is -2.25. The minimum Gasteiger partial charge on any atom is -0.309 e. The van der Waals surface area contributed by atoms with E-state index in [4.69, 9.17) is 4.99 Å². The Balaban J connectivity index is 1.35. The molecule has 0 spiro atoms. The molecule has 9 rings (SSSR count). The van der Waals surface area contributed by atoms with Crippen LogP contribution in [0.5, 0.6) is 0 Å². The molecule has 0 unspecified atom stereocenters. The van der Waals surface area contributed by atoms with Crippen LogP contribution in [0.25, 0.3) is 71.1 Å². The first kappa shape index (κ1) is 29.1. The Morgan fingerprint density at radius 1 is 0.592 bits per heavy atom. The lowest BCUT2D eigenvalue weighted by molar-refractivity contribution is 1.18. The smallest absolute Gasteiger partial charge is 0.0783 e. The van der Waals surface area contributed by atoms with Crippen molar-refractivity contribution in [1.29, 1.82) is 0 Å². The van der Waals surface area contributed by atoms with Crippen LogP contribution in [0.15, 0.2) is 169 Å². The Morgan fingerprint density at radius 3 is 2.08 bits per heavy atom. The molecule has 0 aliphatic heterocycles. The van der Waals surface area contributed by atoms with Crippen LogP contribution in [0.1, 0.15) is 18.1 Å². The van der Waals surface area contributed by atoms with E-state index >= 15 is 0 Å². The minimum atomic E-state index is 0.924. The highest BCUT2D eigenvalue weighted by Crippen LogP contribution is 2.42. The van der Waals surface area contributed by atoms with Crippen LogP contribution in [0, 0.1) is 0 Å². The molecule has 0 amide bonds. The summed E-state index contributed by atoms with van der Waals surface area (Å²) in [4.78, 5) is 5.52. The van der Waals surface area contributed by atoms with Crippen molar-refractivity contribution in [3.63, 3.8) is 0 Å². The van der Waals surface area contributed by atoms with Gasteiger partial charge in [0.2, 0.25) is 0 Å². The molecule has 3 heteroatoms. The third-order valence-electron chi connectivity index (χ3n) is 9.50. The van der Waals surface area contributed by atoms with Gasteiger partial charge >= 0.3 is 0 Å². The molecule has 7 aromatic carbocycles. The van der Waals surface area contributed by atoms with E-state index in [1.807, 2.05) is 17.4 Å². The van der Waals surface area contributed by atoms with Crippen LogP contribution in [-0.2, 0) is 0 Å². The summed E-state index contributed by atoms with van der Waals surface area (Å²) in [5.74, 6) is 0. The molecule has 0 N–H and O–H groups in total. The Bertz CT molecular complexity index is 2840. The first-order valence-electron chi connectivity index (χ1n) is 16.6. The summed E-state index contributed by atoms with van der Waals surface area (Å²) in [5.41, 5.74) is 10.0. The largest absolute Gasteiger partial charge is 0.309 e. The van der Waals surface area contributed by atoms with E-state index in [-0.39, 0.29) is 0 Å². The van der Waals surface area contributed by atoms with Crippen LogP contribution in [-0.4, -0.2) is 10.3 Å². The molecule has 2 nitrogen and oxygen atoms in total. The average Bonchev–Trinajstić information content (AvgIpc) is 3.70. The van der Waals surface area contributed by atoms with Gasteiger partial charge < -0.3 is 4.57 Å². The fourth-order valence-electron chi connectivity index (χ4n) is 7.28. The van der Waals surface area contributed by atoms with E-state index in [1.54, 1.807) is 0 Å². The Labute approximate surface area is 288 Å². The van der Waals surface area contributed by atoms with Gasteiger partial charge in [0.1, 0.15) is 0 Å². The summed E-state index contributed by atoms with van der Waals surface area (Å²) in [6, 6.07) is 58.4. The highest BCUT2D eigenvalue weighted by atomic mass is 32.1. The normalized spacial score (nSPS) is 12.7. The van der Waals surface area contributed by atoms with Crippen molar-refractivity contribution in [2.45, 2.75) is 6.92 Å². The third kappa shape index (κ3) is 4.90. The van der Waals surface area contributed by atoms with Gasteiger partial charge in [0, 0.05) is 58.7 Å². The molecule has 0 radical (unpaired) electrons. The van der Waals surface area contributed by atoms with Gasteiger partial charge in [0.05, 0.1) is 16.7 Å². The van der Waals surface area contributed by atoms with Gasteiger partial charge in [0.25, 0.3) is 0 Å². The number of aromatic nitrogens is 1. The molecule has 9 aromatic rings. The molecule has 0 atom stereocenters. The summed E-state index contributed by atoms with van der Waals surface area (Å²) in [5, 5.41) is 6.97. The number of hydrogen-bond donors (Lipinski definition) is 0. The second-order valence-corrected chi connectivity index (χ2v) is 13.5. The van der Waals surface area contributed by atoms with Crippen molar-refractivity contribution in [1.82, 2.24) is 4.57 Å². The van der Waals surface area contributed by atoms with Gasteiger partial charge in [-0.3, -0.25) is 4.99 Å². The maximum atomic E-state index is 5.52. The summed E-state index contributed by atoms with van der Waals surface area (Å²) >= 11 is 1.84. The van der Waals surface area contributed by atoms with Crippen LogP contribution in [0.3, 0.4) is 0 Å². The standard InChI is InChI=1S/C46H32N2S/c1-30-15-9-10-20-35(30)46(32-16-5-3-6-17-32)47-31(2)44-36(26-28-43-45(44)38-22-12-14-24-42(38)49-43)33-25-27-41-39(29-33)37-21-11-13-23-40(37)48(41)34-18-7-4-8-19-34/h3-29H,1H2,2H3/b46-35-,47-31?. The number of aliphatic imine (C=N–C) groups is 1. The van der Waals surface area contributed by atoms with Gasteiger partial charge in [-0.2, -0.15) is 0 Å². The molecule has 0 saturated heterocycles. The first-order chi connectivity index (χ1) is 24.2. The molecular formula is C46H32N2S. The van der Waals surface area contributed by atoms with Crippen molar-refractivity contribution >= 4 is 71.3 Å². The van der Waals surface area contributed by atoms with Crippen LogP contribution in [0.2, 0.25) is 0 Å². The molecule has 0 saturated carbocycles. The lowest BCUT2D eigenvalue weighted by atomic mass is 9.92. The maximum absolute atomic E-state index is 5.52. The van der Waals surface area contributed by atoms with Crippen molar-refractivity contribution in [3.8, 4) is 16.8 Å². The number of para-hydroxylation sites is 2. The van der Waals surface area contributed by atoms with Gasteiger partial charge in [-0.05, 0) is 65.7 Å². The predicted molar refractivity (Wildman–Crippen MR) is 211 cm³/mol. The van der Waals surface area contributed by atoms with Crippen molar-refractivity contribution in [3.05, 3.63) is 185 Å². The minimum absolute atomic E-state index is 0.924. The topological polar surface area (TPSA) is 17.3 Å². The zero-order valence-electron chi connectivity index (χ0n) is 27.1. The number of fused-ring (bicyclic) bond motifs is 6. The SMILES string of the molecule is C=c1cccc/c1=C(/N=C(C)c1c(-c2ccc3c(c2)c2ccccc2n3-c2ccccc2)ccc2sc3ccccc3c12)c1ccccc1. The molecule has 2 heterocycles. The predicted octanol–water partition coefficient (Wildman–Crippen LogP) is 10.9. The summed E-state index contributed by atoms with van der Waals surface area (Å²) in [6.07, 6.45) is 0. The number of benzene rings is 7. The van der Waals surface area contributed by atoms with Crippen molar-refractivity contribution in [2.24, 2.45) is 4.99 Å². The van der Waals surface area contributed by atoms with E-state index in [9.17, 15) is 0 Å². The molecule has 0 aliphatic carbocycles. The fraction of sp³-hybridized carbons (Fsp3) is 0.0217. The number of hydrogen-bond acceptors (Lipinski definition) is 2. The molecule has 2 aromatic heterocycles. The summed E-state index contributed by atoms with van der Waals surface area (Å²) in [6.45, 7) is 6.55. The van der Waals surface area contributed by atoms with Gasteiger partial charge in [0.15, 0.2) is 0 Å². The van der Waals surface area contributed by atoms with Crippen LogP contribution < -0.4 is 10.4 Å². The molecule has 0 aliphatic rings. The molecule has 0 bridgehead atoms. The third-order valence-corrected chi connectivity index (χ3v) is 10.6. The number of thiophene rings is 1. The summed E-state index contributed by atoms with van der Waals surface area (Å²) < 4.78 is 4.91. The van der Waals surface area contributed by atoms with Crippen LogP contribution >= 0.6 is 11.3 Å². The fourth-order valence-corrected chi connectivity index (χ4v) is 8.39. The molecule has 0 fully saturated rings. The maximum Gasteiger partial charge on any atom is 0.0783 e. The van der Waals surface area contributed by atoms with E-state index in [1.165, 1.54) is 53.1 Å². The Hall–Kier alpha value is -6.03. The number of rotatable bonds is 5. The van der Waals surface area contributed by atoms with E-state index in [0.29, 0.717) is 0 Å². The van der Waals surface area contributed by atoms with Gasteiger partial charge in [-0.1, -0.05) is 128 Å². The van der Waals surface area contributed by atoms with Crippen LogP contribution in [0.4, 0.5) is 0 Å². The Kier molecular flexibility index (Phi) is 7.07. The van der Waals surface area contributed by atoms with Crippen molar-refractivity contribution < 1.29 is 0 Å². The zero-order chi connectivity index (χ0) is 32.9. The lowest BCUT2D eigenvalue weighted by Gasteiger charge is -2.14. The number of nitrogens with zero attached hydrogens (tertiary/aromatic N) is 2. The highest BCUT2D eigenvalue weighted by molar-refractivity contribution is 7.25.